The molecule has 2 aromatic rings. The third-order valence-corrected chi connectivity index (χ3v) is 3.55. The molecule has 0 aliphatic carbocycles. The van der Waals surface area contributed by atoms with Gasteiger partial charge in [-0.15, -0.1) is 11.3 Å². The number of hydrogen-bond acceptors (Lipinski definition) is 3. The molecule has 0 aliphatic rings. The van der Waals surface area contributed by atoms with E-state index >= 15 is 0 Å². The SMILES string of the molecule is Cc1ncsc1-c1ccc([C@@H](N)C(F)F)cc1. The third-order valence-electron chi connectivity index (χ3n) is 2.57. The lowest BCUT2D eigenvalue weighted by atomic mass is 10.0. The molecule has 1 aromatic carbocycles. The molecule has 0 saturated carbocycles. The minimum atomic E-state index is -2.54. The maximum absolute atomic E-state index is 12.4. The van der Waals surface area contributed by atoms with Gasteiger partial charge in [-0.25, -0.2) is 13.8 Å². The van der Waals surface area contributed by atoms with Crippen LogP contribution in [0.1, 0.15) is 17.3 Å². The molecule has 0 unspecified atom stereocenters. The van der Waals surface area contributed by atoms with Crippen LogP contribution in [0, 0.1) is 6.92 Å². The van der Waals surface area contributed by atoms with Gasteiger partial charge in [0.25, 0.3) is 6.43 Å². The van der Waals surface area contributed by atoms with Gasteiger partial charge < -0.3 is 5.73 Å². The predicted molar refractivity (Wildman–Crippen MR) is 65.2 cm³/mol. The Morgan fingerprint density at radius 1 is 1.24 bits per heavy atom. The molecule has 0 aliphatic heterocycles. The number of aryl methyl sites for hydroxylation is 1. The van der Waals surface area contributed by atoms with Crippen molar-refractivity contribution in [1.82, 2.24) is 4.98 Å². The van der Waals surface area contributed by atoms with Crippen molar-refractivity contribution >= 4 is 11.3 Å². The first-order valence-electron chi connectivity index (χ1n) is 5.13. The van der Waals surface area contributed by atoms with E-state index in [1.165, 1.54) is 11.3 Å². The molecular weight excluding hydrogens is 242 g/mol. The second-order valence-electron chi connectivity index (χ2n) is 3.75. The van der Waals surface area contributed by atoms with Gasteiger partial charge >= 0.3 is 0 Å². The quantitative estimate of drug-likeness (QED) is 0.912. The summed E-state index contributed by atoms with van der Waals surface area (Å²) < 4.78 is 24.8. The van der Waals surface area contributed by atoms with Crippen LogP contribution in [-0.4, -0.2) is 11.4 Å². The van der Waals surface area contributed by atoms with Gasteiger partial charge in [0.1, 0.15) is 0 Å². The Kier molecular flexibility index (Phi) is 3.49. The lowest BCUT2D eigenvalue weighted by Gasteiger charge is -2.11. The molecule has 90 valence electrons. The van der Waals surface area contributed by atoms with Crippen molar-refractivity contribution in [3.05, 3.63) is 41.0 Å². The molecule has 0 saturated heterocycles. The number of thiazole rings is 1. The van der Waals surface area contributed by atoms with Crippen LogP contribution in [-0.2, 0) is 0 Å². The van der Waals surface area contributed by atoms with Gasteiger partial charge in [-0.2, -0.15) is 0 Å². The van der Waals surface area contributed by atoms with Gasteiger partial charge in [0.05, 0.1) is 22.1 Å². The summed E-state index contributed by atoms with van der Waals surface area (Å²) in [6.45, 7) is 1.92. The Bertz CT molecular complexity index is 493. The predicted octanol–water partition coefficient (Wildman–Crippen LogP) is 3.38. The summed E-state index contributed by atoms with van der Waals surface area (Å²) in [5.74, 6) is 0. The fourth-order valence-electron chi connectivity index (χ4n) is 1.58. The Balaban J connectivity index is 2.28. The van der Waals surface area contributed by atoms with Gasteiger partial charge in [-0.05, 0) is 18.1 Å². The Morgan fingerprint density at radius 3 is 2.35 bits per heavy atom. The van der Waals surface area contributed by atoms with Gasteiger partial charge in [0.2, 0.25) is 0 Å². The molecule has 2 N–H and O–H groups in total. The summed E-state index contributed by atoms with van der Waals surface area (Å²) in [5.41, 5.74) is 9.52. The van der Waals surface area contributed by atoms with Crippen molar-refractivity contribution in [2.75, 3.05) is 0 Å². The molecule has 1 heterocycles. The second kappa shape index (κ2) is 4.89. The number of nitrogens with zero attached hydrogens (tertiary/aromatic N) is 1. The van der Waals surface area contributed by atoms with Crippen LogP contribution in [0.4, 0.5) is 8.78 Å². The minimum Gasteiger partial charge on any atom is -0.319 e. The molecule has 5 heteroatoms. The maximum atomic E-state index is 12.4. The fraction of sp³-hybridized carbons (Fsp3) is 0.250. The van der Waals surface area contributed by atoms with Crippen LogP contribution in [0.3, 0.4) is 0 Å². The molecular formula is C12H12F2N2S. The molecule has 0 amide bonds. The molecule has 0 bridgehead atoms. The van der Waals surface area contributed by atoms with E-state index < -0.39 is 12.5 Å². The highest BCUT2D eigenvalue weighted by molar-refractivity contribution is 7.13. The average molecular weight is 254 g/mol. The number of hydrogen-bond donors (Lipinski definition) is 1. The first-order valence-corrected chi connectivity index (χ1v) is 6.01. The highest BCUT2D eigenvalue weighted by Gasteiger charge is 2.17. The Labute approximate surface area is 102 Å². The maximum Gasteiger partial charge on any atom is 0.257 e. The molecule has 1 aromatic heterocycles. The molecule has 0 fully saturated rings. The second-order valence-corrected chi connectivity index (χ2v) is 4.60. The van der Waals surface area contributed by atoms with E-state index in [-0.39, 0.29) is 0 Å². The van der Waals surface area contributed by atoms with E-state index in [2.05, 4.69) is 4.98 Å². The van der Waals surface area contributed by atoms with Crippen molar-refractivity contribution in [3.63, 3.8) is 0 Å². The lowest BCUT2D eigenvalue weighted by Crippen LogP contribution is -2.18. The third kappa shape index (κ3) is 2.50. The van der Waals surface area contributed by atoms with E-state index in [0.29, 0.717) is 5.56 Å². The monoisotopic (exact) mass is 254 g/mol. The van der Waals surface area contributed by atoms with Gasteiger partial charge in [-0.3, -0.25) is 0 Å². The molecule has 0 spiro atoms. The highest BCUT2D eigenvalue weighted by atomic mass is 32.1. The number of rotatable bonds is 3. The molecule has 0 radical (unpaired) electrons. The number of halogens is 2. The topological polar surface area (TPSA) is 38.9 Å². The Hall–Kier alpha value is -1.33. The summed E-state index contributed by atoms with van der Waals surface area (Å²) in [7, 11) is 0. The summed E-state index contributed by atoms with van der Waals surface area (Å²) >= 11 is 1.53. The number of nitrogens with two attached hydrogens (primary N) is 1. The van der Waals surface area contributed by atoms with Crippen LogP contribution in [0.5, 0.6) is 0 Å². The highest BCUT2D eigenvalue weighted by Crippen LogP contribution is 2.28. The van der Waals surface area contributed by atoms with Crippen molar-refractivity contribution < 1.29 is 8.78 Å². The summed E-state index contributed by atoms with van der Waals surface area (Å²) in [4.78, 5) is 5.21. The Morgan fingerprint density at radius 2 is 1.88 bits per heavy atom. The summed E-state index contributed by atoms with van der Waals surface area (Å²) in [6, 6.07) is 5.68. The van der Waals surface area contributed by atoms with Crippen LogP contribution < -0.4 is 5.73 Å². The van der Waals surface area contributed by atoms with Gasteiger partial charge in [-0.1, -0.05) is 24.3 Å². The summed E-state index contributed by atoms with van der Waals surface area (Å²) in [5, 5.41) is 0. The zero-order chi connectivity index (χ0) is 12.4. The van der Waals surface area contributed by atoms with Crippen LogP contribution in [0.2, 0.25) is 0 Å². The van der Waals surface area contributed by atoms with Gasteiger partial charge in [0.15, 0.2) is 0 Å². The van der Waals surface area contributed by atoms with Crippen LogP contribution in [0.15, 0.2) is 29.8 Å². The molecule has 1 atom stereocenters. The van der Waals surface area contributed by atoms with Crippen molar-refractivity contribution in [2.45, 2.75) is 19.4 Å². The zero-order valence-corrected chi connectivity index (χ0v) is 10.0. The molecule has 17 heavy (non-hydrogen) atoms. The number of benzene rings is 1. The van der Waals surface area contributed by atoms with Crippen molar-refractivity contribution in [3.8, 4) is 10.4 Å². The first-order chi connectivity index (χ1) is 8.09. The zero-order valence-electron chi connectivity index (χ0n) is 9.23. The van der Waals surface area contributed by atoms with E-state index in [1.54, 1.807) is 29.8 Å². The van der Waals surface area contributed by atoms with Crippen molar-refractivity contribution in [1.29, 1.82) is 0 Å². The largest absolute Gasteiger partial charge is 0.319 e. The minimum absolute atomic E-state index is 0.450. The summed E-state index contributed by atoms with van der Waals surface area (Å²) in [6.07, 6.45) is -2.54. The number of aromatic nitrogens is 1. The van der Waals surface area contributed by atoms with E-state index in [0.717, 1.165) is 16.1 Å². The first kappa shape index (κ1) is 12.1. The molecule has 2 nitrogen and oxygen atoms in total. The van der Waals surface area contributed by atoms with Crippen LogP contribution in [0.25, 0.3) is 10.4 Å². The number of alkyl halides is 2. The standard InChI is InChI=1S/C12H12F2N2S/c1-7-11(17-6-16-7)9-4-2-8(3-5-9)10(15)12(13)14/h2-6,10,12H,15H2,1H3/t10-/m1/s1. The average Bonchev–Trinajstić information content (AvgIpc) is 2.74. The van der Waals surface area contributed by atoms with E-state index in [4.69, 9.17) is 5.73 Å². The van der Waals surface area contributed by atoms with Gasteiger partial charge in [0, 0.05) is 0 Å². The van der Waals surface area contributed by atoms with E-state index in [9.17, 15) is 8.78 Å². The molecule has 2 rings (SSSR count). The fourth-order valence-corrected chi connectivity index (χ4v) is 2.39. The smallest absolute Gasteiger partial charge is 0.257 e. The van der Waals surface area contributed by atoms with Crippen LogP contribution >= 0.6 is 11.3 Å². The lowest BCUT2D eigenvalue weighted by molar-refractivity contribution is 0.116. The van der Waals surface area contributed by atoms with E-state index in [1.807, 2.05) is 6.92 Å². The van der Waals surface area contributed by atoms with Crippen molar-refractivity contribution in [2.24, 2.45) is 5.73 Å². The normalized spacial score (nSPS) is 13.0.